The molecule has 0 spiro atoms. The highest BCUT2D eigenvalue weighted by molar-refractivity contribution is 5.76. The third-order valence-electron chi connectivity index (χ3n) is 5.52. The molecule has 0 saturated carbocycles. The van der Waals surface area contributed by atoms with Gasteiger partial charge in [-0.2, -0.15) is 13.2 Å². The zero-order valence-electron chi connectivity index (χ0n) is 20.1. The van der Waals surface area contributed by atoms with E-state index in [0.717, 1.165) is 35.8 Å². The summed E-state index contributed by atoms with van der Waals surface area (Å²) in [5, 5.41) is 0. The largest absolute Gasteiger partial charge is 0.494 e. The smallest absolute Gasteiger partial charge is 0.402 e. The first-order valence-electron chi connectivity index (χ1n) is 11.9. The summed E-state index contributed by atoms with van der Waals surface area (Å²) in [5.41, 5.74) is 2.29. The molecule has 1 atom stereocenters. The minimum atomic E-state index is -4.70. The van der Waals surface area contributed by atoms with Crippen LogP contribution in [-0.4, -0.2) is 28.7 Å². The van der Waals surface area contributed by atoms with Gasteiger partial charge < -0.3 is 9.47 Å². The number of unbranched alkanes of at least 4 members (excludes halogenated alkanes) is 3. The van der Waals surface area contributed by atoms with Crippen LogP contribution < -0.4 is 9.47 Å². The van der Waals surface area contributed by atoms with Crippen molar-refractivity contribution in [2.24, 2.45) is 5.92 Å². The Labute approximate surface area is 209 Å². The maximum absolute atomic E-state index is 13.0. The topological polar surface area (TPSA) is 61.3 Å². The lowest BCUT2D eigenvalue weighted by molar-refractivity contribution is -0.190. The molecule has 0 aliphatic heterocycles. The molecule has 0 N–H and O–H groups in total. The zero-order valence-corrected chi connectivity index (χ0v) is 20.1. The van der Waals surface area contributed by atoms with Crippen LogP contribution in [0.15, 0.2) is 73.6 Å². The van der Waals surface area contributed by atoms with Gasteiger partial charge in [0.25, 0.3) is 0 Å². The summed E-state index contributed by atoms with van der Waals surface area (Å²) in [5.74, 6) is -2.23. The zero-order chi connectivity index (χ0) is 26.0. The third-order valence-corrected chi connectivity index (χ3v) is 5.52. The fourth-order valence-corrected chi connectivity index (χ4v) is 3.48. The van der Waals surface area contributed by atoms with Crippen molar-refractivity contribution in [2.75, 3.05) is 6.61 Å². The lowest BCUT2D eigenvalue weighted by Crippen LogP contribution is -2.33. The van der Waals surface area contributed by atoms with Crippen LogP contribution in [0, 0.1) is 5.92 Å². The predicted octanol–water partition coefficient (Wildman–Crippen LogP) is 7.43. The molecule has 1 heterocycles. The van der Waals surface area contributed by atoms with Crippen molar-refractivity contribution in [3.05, 3.63) is 73.6 Å². The number of hydrogen-bond acceptors (Lipinski definition) is 5. The predicted molar refractivity (Wildman–Crippen MR) is 133 cm³/mol. The van der Waals surface area contributed by atoms with Gasteiger partial charge in [-0.25, -0.2) is 9.97 Å². The second-order valence-electron chi connectivity index (χ2n) is 8.29. The van der Waals surface area contributed by atoms with Gasteiger partial charge in [0, 0.05) is 23.5 Å². The van der Waals surface area contributed by atoms with Crippen LogP contribution in [0.4, 0.5) is 13.2 Å². The van der Waals surface area contributed by atoms with Gasteiger partial charge in [0.2, 0.25) is 0 Å². The van der Waals surface area contributed by atoms with Crippen LogP contribution in [0.1, 0.15) is 39.0 Å². The van der Waals surface area contributed by atoms with Crippen LogP contribution in [0.25, 0.3) is 22.5 Å². The molecule has 0 aliphatic rings. The van der Waals surface area contributed by atoms with Gasteiger partial charge in [-0.15, -0.1) is 6.58 Å². The van der Waals surface area contributed by atoms with Gasteiger partial charge in [-0.05, 0) is 54.8 Å². The quantitative estimate of drug-likeness (QED) is 0.112. The van der Waals surface area contributed by atoms with Crippen LogP contribution in [-0.2, 0) is 4.79 Å². The van der Waals surface area contributed by atoms with Crippen molar-refractivity contribution < 1.29 is 27.4 Å². The minimum Gasteiger partial charge on any atom is -0.494 e. The first-order valence-corrected chi connectivity index (χ1v) is 11.9. The Morgan fingerprint density at radius 1 is 0.917 bits per heavy atom. The number of halogens is 3. The molecule has 3 aromatic rings. The Hall–Kier alpha value is -3.68. The van der Waals surface area contributed by atoms with Gasteiger partial charge in [-0.1, -0.05) is 44.4 Å². The second kappa shape index (κ2) is 12.9. The molecule has 0 radical (unpaired) electrons. The summed E-state index contributed by atoms with van der Waals surface area (Å²) >= 11 is 0. The van der Waals surface area contributed by atoms with E-state index in [1.54, 1.807) is 24.5 Å². The first-order chi connectivity index (χ1) is 17.3. The number of carbonyl (C=O) groups excluding carboxylic acids is 1. The number of carbonyl (C=O) groups is 1. The third kappa shape index (κ3) is 7.66. The highest BCUT2D eigenvalue weighted by atomic mass is 19.4. The standard InChI is InChI=1S/C28H29F3N2O3/c1-3-5-6-7-17-35-23-13-11-21(12-14-23)26-32-18-22(19-33-26)20-9-15-24(16-10-20)36-27(34)25(8-4-2)28(29,30)31/h4,9-16,18-19,25H,2-3,5-8,17H2,1H3. The number of alkyl halides is 3. The SMILES string of the molecule is C=CCC(C(=O)Oc1ccc(-c2cnc(-c3ccc(OCCCCCC)cc3)nc2)cc1)C(F)(F)F. The van der Waals surface area contributed by atoms with E-state index in [4.69, 9.17) is 9.47 Å². The molecule has 8 heteroatoms. The van der Waals surface area contributed by atoms with Gasteiger partial charge in [-0.3, -0.25) is 4.79 Å². The highest BCUT2D eigenvalue weighted by Gasteiger charge is 2.45. The summed E-state index contributed by atoms with van der Waals surface area (Å²) in [7, 11) is 0. The lowest BCUT2D eigenvalue weighted by Gasteiger charge is -2.17. The molecule has 36 heavy (non-hydrogen) atoms. The summed E-state index contributed by atoms with van der Waals surface area (Å²) in [6.07, 6.45) is 3.72. The Morgan fingerprint density at radius 3 is 2.11 bits per heavy atom. The number of nitrogens with zero attached hydrogens (tertiary/aromatic N) is 2. The molecule has 2 aromatic carbocycles. The second-order valence-corrected chi connectivity index (χ2v) is 8.29. The van der Waals surface area contributed by atoms with Crippen molar-refractivity contribution in [3.63, 3.8) is 0 Å². The molecular weight excluding hydrogens is 469 g/mol. The average Bonchev–Trinajstić information content (AvgIpc) is 2.87. The molecule has 0 bridgehead atoms. The molecular formula is C28H29F3N2O3. The van der Waals surface area contributed by atoms with Crippen molar-refractivity contribution in [1.29, 1.82) is 0 Å². The van der Waals surface area contributed by atoms with E-state index in [1.165, 1.54) is 25.0 Å². The van der Waals surface area contributed by atoms with E-state index < -0.39 is 24.5 Å². The molecule has 0 aliphatic carbocycles. The number of allylic oxidation sites excluding steroid dienone is 1. The minimum absolute atomic E-state index is 0.0206. The van der Waals surface area contributed by atoms with Gasteiger partial charge in [0.1, 0.15) is 11.5 Å². The molecule has 1 aromatic heterocycles. The van der Waals surface area contributed by atoms with Gasteiger partial charge in [0.15, 0.2) is 11.7 Å². The Morgan fingerprint density at radius 2 is 1.53 bits per heavy atom. The highest BCUT2D eigenvalue weighted by Crippen LogP contribution is 2.31. The number of ether oxygens (including phenoxy) is 2. The summed E-state index contributed by atoms with van der Waals surface area (Å²) in [6.45, 7) is 6.14. The van der Waals surface area contributed by atoms with Crippen LogP contribution in [0.5, 0.6) is 11.5 Å². The maximum atomic E-state index is 13.0. The molecule has 0 saturated heterocycles. The fraction of sp³-hybridized carbons (Fsp3) is 0.321. The van der Waals surface area contributed by atoms with E-state index in [-0.39, 0.29) is 5.75 Å². The fourth-order valence-electron chi connectivity index (χ4n) is 3.48. The van der Waals surface area contributed by atoms with Crippen molar-refractivity contribution in [2.45, 2.75) is 45.2 Å². The van der Waals surface area contributed by atoms with Gasteiger partial charge in [0.05, 0.1) is 6.61 Å². The Kier molecular flexibility index (Phi) is 9.61. The Bertz CT molecular complexity index is 1110. The van der Waals surface area contributed by atoms with Crippen molar-refractivity contribution in [1.82, 2.24) is 9.97 Å². The molecule has 0 amide bonds. The van der Waals surface area contributed by atoms with Crippen LogP contribution in [0.3, 0.4) is 0 Å². The van der Waals surface area contributed by atoms with Crippen LogP contribution >= 0.6 is 0 Å². The number of rotatable bonds is 12. The van der Waals surface area contributed by atoms with E-state index in [0.29, 0.717) is 18.0 Å². The Balaban J connectivity index is 1.60. The van der Waals surface area contributed by atoms with E-state index in [1.807, 2.05) is 24.3 Å². The van der Waals surface area contributed by atoms with Crippen molar-refractivity contribution in [3.8, 4) is 34.0 Å². The molecule has 1 unspecified atom stereocenters. The van der Waals surface area contributed by atoms with E-state index in [9.17, 15) is 18.0 Å². The maximum Gasteiger partial charge on any atom is 0.402 e. The number of aromatic nitrogens is 2. The summed E-state index contributed by atoms with van der Waals surface area (Å²) in [6, 6.07) is 13.7. The normalized spacial score (nSPS) is 12.1. The van der Waals surface area contributed by atoms with E-state index in [2.05, 4.69) is 23.5 Å². The molecule has 190 valence electrons. The first kappa shape index (κ1) is 26.9. The summed E-state index contributed by atoms with van der Waals surface area (Å²) in [4.78, 5) is 20.8. The van der Waals surface area contributed by atoms with E-state index >= 15 is 0 Å². The molecule has 0 fully saturated rings. The number of esters is 1. The average molecular weight is 499 g/mol. The van der Waals surface area contributed by atoms with Gasteiger partial charge >= 0.3 is 12.1 Å². The lowest BCUT2D eigenvalue weighted by atomic mass is 10.1. The monoisotopic (exact) mass is 498 g/mol. The van der Waals surface area contributed by atoms with Crippen molar-refractivity contribution >= 4 is 5.97 Å². The summed E-state index contributed by atoms with van der Waals surface area (Å²) < 4.78 is 49.8. The van der Waals surface area contributed by atoms with Crippen LogP contribution in [0.2, 0.25) is 0 Å². The number of hydrogen-bond donors (Lipinski definition) is 0. The molecule has 5 nitrogen and oxygen atoms in total. The molecule has 3 rings (SSSR count). The number of benzene rings is 2.